The molecule has 3 fully saturated rings. The lowest BCUT2D eigenvalue weighted by molar-refractivity contribution is -0.134. The van der Waals surface area contributed by atoms with Gasteiger partial charge in [0.1, 0.15) is 30.3 Å². The van der Waals surface area contributed by atoms with Gasteiger partial charge in [0.15, 0.2) is 0 Å². The van der Waals surface area contributed by atoms with Crippen molar-refractivity contribution in [2.75, 3.05) is 81.8 Å². The van der Waals surface area contributed by atoms with Crippen LogP contribution < -0.4 is 30.9 Å². The molecule has 13 nitrogen and oxygen atoms in total. The van der Waals surface area contributed by atoms with Gasteiger partial charge in [-0.05, 0) is 103 Å². The van der Waals surface area contributed by atoms with Gasteiger partial charge in [0.2, 0.25) is 17.8 Å². The first-order valence-electron chi connectivity index (χ1n) is 21.9. The fourth-order valence-corrected chi connectivity index (χ4v) is 11.2. The highest BCUT2D eigenvalue weighted by Gasteiger charge is 2.33. The van der Waals surface area contributed by atoms with E-state index >= 15 is 8.78 Å². The summed E-state index contributed by atoms with van der Waals surface area (Å²) in [6.07, 6.45) is 6.95. The lowest BCUT2D eigenvalue weighted by Gasteiger charge is -2.43. The third kappa shape index (κ3) is 9.80. The van der Waals surface area contributed by atoms with Crippen LogP contribution in [-0.2, 0) is 27.0 Å². The minimum atomic E-state index is -2.74. The van der Waals surface area contributed by atoms with Gasteiger partial charge in [-0.15, -0.1) is 0 Å². The van der Waals surface area contributed by atoms with E-state index in [1.165, 1.54) is 17.7 Å². The molecule has 3 saturated heterocycles. The smallest absolute Gasteiger partial charge is 0.234 e. The lowest BCUT2D eigenvalue weighted by atomic mass is 9.89. The molecule has 338 valence electrons. The number of aryl methyl sites for hydroxylation is 2. The average molecular weight is 959 g/mol. The molecule has 2 aromatic heterocycles. The number of ether oxygens (including phenoxy) is 1. The largest absolute Gasteiger partial charge is 0.494 e. The zero-order valence-corrected chi connectivity index (χ0v) is 39.4. The maximum atomic E-state index is 15.1. The fourth-order valence-electron chi connectivity index (χ4n) is 9.44. The summed E-state index contributed by atoms with van der Waals surface area (Å²) in [7, 11) is -1.08. The van der Waals surface area contributed by atoms with Gasteiger partial charge in [-0.3, -0.25) is 24.8 Å². The number of pyridine rings is 1. The molecule has 3 aliphatic rings. The van der Waals surface area contributed by atoms with E-state index in [-0.39, 0.29) is 18.4 Å². The number of imide groups is 1. The summed E-state index contributed by atoms with van der Waals surface area (Å²) in [6.45, 7) is 13.8. The summed E-state index contributed by atoms with van der Waals surface area (Å²) in [4.78, 5) is 45.3. The van der Waals surface area contributed by atoms with Crippen LogP contribution in [0.1, 0.15) is 60.8 Å². The first kappa shape index (κ1) is 45.5. The Labute approximate surface area is 381 Å². The normalized spacial score (nSPS) is 18.1. The zero-order valence-electron chi connectivity index (χ0n) is 36.9. The number of carbonyl (C=O) groups is 2. The molecule has 0 saturated carbocycles. The van der Waals surface area contributed by atoms with Crippen LogP contribution in [0.2, 0.25) is 0 Å². The number of fused-ring (bicyclic) bond motifs is 1. The minimum Gasteiger partial charge on any atom is -0.494 e. The van der Waals surface area contributed by atoms with Crippen molar-refractivity contribution < 1.29 is 27.7 Å². The summed E-state index contributed by atoms with van der Waals surface area (Å²) in [5, 5.41) is 10.5. The molecular weight excluding hydrogens is 903 g/mol. The van der Waals surface area contributed by atoms with Gasteiger partial charge < -0.3 is 29.7 Å². The Hall–Kier alpha value is -5.02. The van der Waals surface area contributed by atoms with Crippen molar-refractivity contribution in [2.45, 2.75) is 64.3 Å². The Kier molecular flexibility index (Phi) is 13.7. The molecule has 1 atom stereocenters. The van der Waals surface area contributed by atoms with Crippen LogP contribution in [0, 0.1) is 18.6 Å². The van der Waals surface area contributed by atoms with E-state index in [2.05, 4.69) is 70.6 Å². The predicted octanol–water partition coefficient (Wildman–Crippen LogP) is 8.03. The van der Waals surface area contributed by atoms with Crippen molar-refractivity contribution in [1.29, 1.82) is 0 Å². The number of rotatable bonds is 13. The van der Waals surface area contributed by atoms with Crippen LogP contribution in [0.4, 0.5) is 37.6 Å². The van der Waals surface area contributed by atoms with E-state index in [1.54, 1.807) is 32.8 Å². The van der Waals surface area contributed by atoms with Crippen LogP contribution >= 0.6 is 23.1 Å². The van der Waals surface area contributed by atoms with Gasteiger partial charge in [0.25, 0.3) is 0 Å². The second-order valence-corrected chi connectivity index (χ2v) is 21.3. The Morgan fingerprint density at radius 1 is 0.938 bits per heavy atom. The summed E-state index contributed by atoms with van der Waals surface area (Å²) in [5.74, 6) is -1.98. The topological polar surface area (TPSA) is 145 Å². The molecule has 5 aromatic rings. The second kappa shape index (κ2) is 19.2. The molecule has 3 aliphatic heterocycles. The number of methoxy groups -OCH3 is 1. The summed E-state index contributed by atoms with van der Waals surface area (Å²) in [6, 6.07) is 13.3. The molecule has 1 unspecified atom stereocenters. The van der Waals surface area contributed by atoms with Crippen molar-refractivity contribution in [3.05, 3.63) is 93.2 Å². The molecule has 5 heterocycles. The number of piperidine rings is 2. The number of hydrogen-bond acceptors (Lipinski definition) is 12. The standard InChI is InChI=1S/C47H55BrF2N9O4P/c1-6-30-24-37(54-47-52-26-34(48)45(56-47)53-38-27-51-43-28(2)8-7-9-33(43)44(38)64(4,5)62)40(63-3)25-39(30)59-16-13-31(14-17-59)58-20-18-57(19-21-58)15-12-29-22-35(49)42(36(50)23-29)32-10-11-41(60)55-46(32)61/h7-9,22-27,31-32H,6,10-21H2,1-5H3,(H,55,60,61)(H2,52,53,54,56). The van der Waals surface area contributed by atoms with Gasteiger partial charge in [0, 0.05) is 92.5 Å². The number of nitrogens with one attached hydrogen (secondary N) is 3. The lowest BCUT2D eigenvalue weighted by Crippen LogP contribution is -2.53. The molecular formula is C47H55BrF2N9O4P. The summed E-state index contributed by atoms with van der Waals surface area (Å²) < 4.78 is 50.5. The maximum Gasteiger partial charge on any atom is 0.234 e. The Balaban J connectivity index is 0.873. The highest BCUT2D eigenvalue weighted by Crippen LogP contribution is 2.42. The number of halogens is 3. The van der Waals surface area contributed by atoms with Gasteiger partial charge >= 0.3 is 0 Å². The molecule has 8 rings (SSSR count). The number of anilines is 5. The van der Waals surface area contributed by atoms with Crippen LogP contribution in [0.5, 0.6) is 5.75 Å². The summed E-state index contributed by atoms with van der Waals surface area (Å²) in [5.41, 5.74) is 5.85. The van der Waals surface area contributed by atoms with E-state index in [4.69, 9.17) is 14.7 Å². The fraction of sp³-hybridized carbons (Fsp3) is 0.426. The number of benzene rings is 3. The third-order valence-electron chi connectivity index (χ3n) is 12.8. The Morgan fingerprint density at radius 2 is 1.67 bits per heavy atom. The van der Waals surface area contributed by atoms with Gasteiger partial charge in [-0.25, -0.2) is 13.8 Å². The number of carbonyl (C=O) groups excluding carboxylic acids is 2. The molecule has 3 N–H and O–H groups in total. The molecule has 0 radical (unpaired) electrons. The van der Waals surface area contributed by atoms with Crippen LogP contribution in [-0.4, -0.2) is 109 Å². The maximum absolute atomic E-state index is 15.1. The molecule has 0 bridgehead atoms. The highest BCUT2D eigenvalue weighted by molar-refractivity contribution is 9.10. The van der Waals surface area contributed by atoms with Crippen molar-refractivity contribution in [1.82, 2.24) is 30.1 Å². The van der Waals surface area contributed by atoms with E-state index in [0.29, 0.717) is 52.2 Å². The van der Waals surface area contributed by atoms with Gasteiger partial charge in [-0.2, -0.15) is 4.98 Å². The quantitative estimate of drug-likeness (QED) is 0.0777. The van der Waals surface area contributed by atoms with Crippen molar-refractivity contribution in [3.63, 3.8) is 0 Å². The van der Waals surface area contributed by atoms with Gasteiger partial charge in [-0.1, -0.05) is 25.1 Å². The van der Waals surface area contributed by atoms with Crippen LogP contribution in [0.25, 0.3) is 10.9 Å². The van der Waals surface area contributed by atoms with E-state index in [0.717, 1.165) is 91.7 Å². The number of piperazine rings is 1. The molecule has 3 aromatic carbocycles. The van der Waals surface area contributed by atoms with E-state index in [9.17, 15) is 14.2 Å². The van der Waals surface area contributed by atoms with E-state index < -0.39 is 36.5 Å². The van der Waals surface area contributed by atoms with Crippen LogP contribution in [0.15, 0.2) is 59.3 Å². The predicted molar refractivity (Wildman–Crippen MR) is 253 cm³/mol. The summed E-state index contributed by atoms with van der Waals surface area (Å²) >= 11 is 3.60. The molecule has 0 aliphatic carbocycles. The van der Waals surface area contributed by atoms with Crippen molar-refractivity contribution in [3.8, 4) is 5.75 Å². The third-order valence-corrected chi connectivity index (χ3v) is 14.9. The number of amides is 2. The number of hydrogen-bond donors (Lipinski definition) is 3. The molecule has 0 spiro atoms. The highest BCUT2D eigenvalue weighted by atomic mass is 79.9. The zero-order chi connectivity index (χ0) is 45.3. The van der Waals surface area contributed by atoms with Crippen molar-refractivity contribution in [2.24, 2.45) is 0 Å². The molecule has 17 heteroatoms. The van der Waals surface area contributed by atoms with Crippen LogP contribution in [0.3, 0.4) is 0 Å². The average Bonchev–Trinajstić information content (AvgIpc) is 3.27. The monoisotopic (exact) mass is 957 g/mol. The van der Waals surface area contributed by atoms with Gasteiger partial charge in [0.05, 0.1) is 40.6 Å². The minimum absolute atomic E-state index is 0.0643. The molecule has 2 amide bonds. The van der Waals surface area contributed by atoms with E-state index in [1.807, 2.05) is 25.1 Å². The SMILES string of the molecule is CCc1cc(Nc2ncc(Br)c(Nc3cnc4c(C)cccc4c3P(C)(C)=O)n2)c(OC)cc1N1CCC(N2CCN(CCc3cc(F)c(C4CCC(=O)NC4=O)c(F)c3)CC2)CC1. The van der Waals surface area contributed by atoms with Crippen molar-refractivity contribution >= 4 is 79.9 Å². The Morgan fingerprint density at radius 3 is 2.34 bits per heavy atom. The Bertz CT molecular complexity index is 2610. The first-order valence-corrected chi connectivity index (χ1v) is 25.3. The second-order valence-electron chi connectivity index (χ2n) is 17.3. The number of nitrogens with zero attached hydrogens (tertiary/aromatic N) is 6. The molecule has 64 heavy (non-hydrogen) atoms. The number of aromatic nitrogens is 3. The number of para-hydroxylation sites is 1. The first-order chi connectivity index (χ1) is 30.7.